The van der Waals surface area contributed by atoms with E-state index in [9.17, 15) is 0 Å². The van der Waals surface area contributed by atoms with Crippen LogP contribution >= 0.6 is 22.9 Å². The van der Waals surface area contributed by atoms with Gasteiger partial charge in [-0.2, -0.15) is 0 Å². The third-order valence-electron chi connectivity index (χ3n) is 7.64. The fourth-order valence-electron chi connectivity index (χ4n) is 5.37. The first kappa shape index (κ1) is 17.0. The molecule has 3 aliphatic carbocycles. The second-order valence-corrected chi connectivity index (χ2v) is 10.1. The van der Waals surface area contributed by atoms with E-state index in [0.717, 1.165) is 17.9 Å². The molecule has 1 nitrogen and oxygen atoms in total. The zero-order valence-corrected chi connectivity index (χ0v) is 16.9. The Hall–Kier alpha value is 0.170. The Bertz CT molecular complexity index is 492. The summed E-state index contributed by atoms with van der Waals surface area (Å²) in [4.78, 5) is 0. The molecule has 0 radical (unpaired) electrons. The van der Waals surface area contributed by atoms with Gasteiger partial charge in [-0.1, -0.05) is 44.6 Å². The number of hydrogen-bond donors (Lipinski definition) is 0. The van der Waals surface area contributed by atoms with E-state index in [-0.39, 0.29) is 0 Å². The van der Waals surface area contributed by atoms with Crippen LogP contribution in [0.15, 0.2) is 23.8 Å². The number of nitrogens with zero attached hydrogens (tertiary/aromatic N) is 1. The fourth-order valence-corrected chi connectivity index (χ4v) is 6.65. The lowest BCUT2D eigenvalue weighted by molar-refractivity contribution is 0.0989. The smallest absolute Gasteiger partial charge is 0.0294 e. The van der Waals surface area contributed by atoms with E-state index >= 15 is 0 Å². The molecule has 2 bridgehead atoms. The summed E-state index contributed by atoms with van der Waals surface area (Å²) in [6.07, 6.45) is 10.6. The molecular formula is C20H32IN. The Morgan fingerprint density at radius 3 is 2.55 bits per heavy atom. The van der Waals surface area contributed by atoms with Crippen LogP contribution in [-0.4, -0.2) is 15.7 Å². The van der Waals surface area contributed by atoms with E-state index in [4.69, 9.17) is 0 Å². The predicted molar refractivity (Wildman–Crippen MR) is 104 cm³/mol. The third-order valence-corrected chi connectivity index (χ3v) is 8.66. The first-order valence-corrected chi connectivity index (χ1v) is 9.98. The summed E-state index contributed by atoms with van der Waals surface area (Å²) in [6.45, 7) is 15.1. The van der Waals surface area contributed by atoms with Gasteiger partial charge in [0.2, 0.25) is 0 Å². The number of hydrogen-bond acceptors (Lipinski definition) is 1. The Morgan fingerprint density at radius 1 is 1.36 bits per heavy atom. The van der Waals surface area contributed by atoms with Crippen molar-refractivity contribution >= 4 is 22.9 Å². The molecule has 0 N–H and O–H groups in total. The molecule has 0 amide bonds. The van der Waals surface area contributed by atoms with Crippen molar-refractivity contribution in [3.8, 4) is 0 Å². The van der Waals surface area contributed by atoms with E-state index in [1.807, 2.05) is 0 Å². The summed E-state index contributed by atoms with van der Waals surface area (Å²) in [6, 6.07) is 0.765. The minimum atomic E-state index is 0.508. The second kappa shape index (κ2) is 5.91. The molecule has 124 valence electrons. The lowest BCUT2D eigenvalue weighted by Gasteiger charge is -2.42. The minimum absolute atomic E-state index is 0.508. The Balaban J connectivity index is 1.64. The van der Waals surface area contributed by atoms with Crippen LogP contribution in [0.1, 0.15) is 66.2 Å². The van der Waals surface area contributed by atoms with Crippen LogP contribution in [0.3, 0.4) is 0 Å². The van der Waals surface area contributed by atoms with Crippen LogP contribution in [0.2, 0.25) is 0 Å². The van der Waals surface area contributed by atoms with Gasteiger partial charge in [-0.15, -0.1) is 0 Å². The number of rotatable bonds is 4. The highest BCUT2D eigenvalue weighted by molar-refractivity contribution is 14.1. The molecule has 4 atom stereocenters. The van der Waals surface area contributed by atoms with Crippen molar-refractivity contribution in [1.82, 2.24) is 3.11 Å². The summed E-state index contributed by atoms with van der Waals surface area (Å²) in [5.41, 5.74) is 4.06. The SMILES string of the molecule is C=C(C)C1CC=C(CN(I)C2CC3CCC2(C)C3(C)C)CC1. The maximum absolute atomic E-state index is 4.14. The van der Waals surface area contributed by atoms with Gasteiger partial charge in [0.15, 0.2) is 0 Å². The molecule has 0 heterocycles. The lowest BCUT2D eigenvalue weighted by Crippen LogP contribution is -2.43. The summed E-state index contributed by atoms with van der Waals surface area (Å²) in [5, 5.41) is 0. The molecule has 2 fully saturated rings. The van der Waals surface area contributed by atoms with Crippen LogP contribution in [0.4, 0.5) is 0 Å². The van der Waals surface area contributed by atoms with E-state index < -0.39 is 0 Å². The molecule has 2 heteroatoms. The maximum Gasteiger partial charge on any atom is 0.0294 e. The zero-order chi connectivity index (χ0) is 16.1. The monoisotopic (exact) mass is 413 g/mol. The molecule has 0 spiro atoms. The summed E-state index contributed by atoms with van der Waals surface area (Å²) in [7, 11) is 0. The predicted octanol–water partition coefficient (Wildman–Crippen LogP) is 6.16. The molecule has 0 aromatic rings. The van der Waals surface area contributed by atoms with Crippen molar-refractivity contribution in [2.45, 2.75) is 72.3 Å². The molecule has 4 unspecified atom stereocenters. The largest absolute Gasteiger partial charge is 0.240 e. The van der Waals surface area contributed by atoms with Gasteiger partial charge in [0.1, 0.15) is 0 Å². The first-order valence-electron chi connectivity index (χ1n) is 9.01. The number of fused-ring (bicyclic) bond motifs is 2. The highest BCUT2D eigenvalue weighted by atomic mass is 127. The third kappa shape index (κ3) is 2.62. The van der Waals surface area contributed by atoms with Crippen LogP contribution in [-0.2, 0) is 0 Å². The van der Waals surface area contributed by atoms with Gasteiger partial charge < -0.3 is 0 Å². The average Bonchev–Trinajstić information content (AvgIpc) is 2.80. The van der Waals surface area contributed by atoms with Gasteiger partial charge in [-0.05, 0) is 68.1 Å². The molecular weight excluding hydrogens is 381 g/mol. The van der Waals surface area contributed by atoms with Gasteiger partial charge >= 0.3 is 0 Å². The number of allylic oxidation sites excluding steroid dienone is 2. The Kier molecular flexibility index (Phi) is 4.57. The molecule has 22 heavy (non-hydrogen) atoms. The maximum atomic E-state index is 4.14. The van der Waals surface area contributed by atoms with Crippen molar-refractivity contribution < 1.29 is 0 Å². The molecule has 0 saturated heterocycles. The zero-order valence-electron chi connectivity index (χ0n) is 14.8. The quantitative estimate of drug-likeness (QED) is 0.303. The fraction of sp³-hybridized carbons (Fsp3) is 0.800. The highest BCUT2D eigenvalue weighted by Gasteiger charge is 2.62. The lowest BCUT2D eigenvalue weighted by atomic mass is 9.69. The van der Waals surface area contributed by atoms with Crippen LogP contribution in [0.5, 0.6) is 0 Å². The van der Waals surface area contributed by atoms with Crippen molar-refractivity contribution in [1.29, 1.82) is 0 Å². The van der Waals surface area contributed by atoms with Crippen molar-refractivity contribution in [2.75, 3.05) is 6.54 Å². The highest BCUT2D eigenvalue weighted by Crippen LogP contribution is 2.67. The van der Waals surface area contributed by atoms with Crippen LogP contribution < -0.4 is 0 Å². The van der Waals surface area contributed by atoms with Crippen molar-refractivity contribution in [3.05, 3.63) is 23.8 Å². The molecule has 3 aliphatic rings. The average molecular weight is 413 g/mol. The molecule has 0 aromatic carbocycles. The number of halogens is 1. The minimum Gasteiger partial charge on any atom is -0.240 e. The summed E-state index contributed by atoms with van der Waals surface area (Å²) >= 11 is 2.63. The Morgan fingerprint density at radius 2 is 2.09 bits per heavy atom. The van der Waals surface area contributed by atoms with Crippen LogP contribution in [0.25, 0.3) is 0 Å². The van der Waals surface area contributed by atoms with Gasteiger partial charge in [0, 0.05) is 35.5 Å². The van der Waals surface area contributed by atoms with E-state index in [1.54, 1.807) is 5.57 Å². The van der Waals surface area contributed by atoms with E-state index in [1.165, 1.54) is 50.6 Å². The normalized spacial score (nSPS) is 40.1. The van der Waals surface area contributed by atoms with E-state index in [2.05, 4.69) is 66.3 Å². The van der Waals surface area contributed by atoms with Crippen molar-refractivity contribution in [3.63, 3.8) is 0 Å². The second-order valence-electron chi connectivity index (χ2n) is 8.86. The molecule has 2 saturated carbocycles. The van der Waals surface area contributed by atoms with Crippen molar-refractivity contribution in [2.24, 2.45) is 22.7 Å². The van der Waals surface area contributed by atoms with Crippen LogP contribution in [0, 0.1) is 22.7 Å². The standard InChI is InChI=1S/C20H32IN/c1-14(2)16-8-6-15(7-9-16)13-22(21)18-12-17-10-11-20(18,5)19(17,3)4/h6,16-18H,1,7-13H2,2-5H3. The van der Waals surface area contributed by atoms with Gasteiger partial charge in [-0.25, -0.2) is 3.11 Å². The Labute approximate surface area is 151 Å². The molecule has 0 aromatic heterocycles. The topological polar surface area (TPSA) is 3.24 Å². The molecule has 3 rings (SSSR count). The molecule has 0 aliphatic heterocycles. The van der Waals surface area contributed by atoms with Gasteiger partial charge in [-0.3, -0.25) is 0 Å². The van der Waals surface area contributed by atoms with Gasteiger partial charge in [0.25, 0.3) is 0 Å². The summed E-state index contributed by atoms with van der Waals surface area (Å²) in [5.74, 6) is 1.67. The first-order chi connectivity index (χ1) is 10.3. The van der Waals surface area contributed by atoms with E-state index in [0.29, 0.717) is 10.8 Å². The van der Waals surface area contributed by atoms with Gasteiger partial charge in [0.05, 0.1) is 0 Å². The summed E-state index contributed by atoms with van der Waals surface area (Å²) < 4.78 is 2.66.